The maximum absolute atomic E-state index is 12.9. The van der Waals surface area contributed by atoms with Crippen LogP contribution in [0.2, 0.25) is 0 Å². The highest BCUT2D eigenvalue weighted by Gasteiger charge is 2.01. The van der Waals surface area contributed by atoms with Crippen molar-refractivity contribution in [1.82, 2.24) is 0 Å². The topological polar surface area (TPSA) is 20.2 Å². The average molecular weight is 194 g/mol. The molecule has 1 rings (SSSR count). The summed E-state index contributed by atoms with van der Waals surface area (Å²) in [4.78, 5) is 0. The molecule has 0 spiro atoms. The molecule has 1 aromatic rings. The fourth-order valence-electron chi connectivity index (χ4n) is 1.13. The predicted octanol–water partition coefficient (Wildman–Crippen LogP) is 2.92. The first-order valence-electron chi connectivity index (χ1n) is 4.63. The van der Waals surface area contributed by atoms with E-state index in [4.69, 9.17) is 0 Å². The molecule has 0 saturated carbocycles. The smallest absolute Gasteiger partial charge is 0.123 e. The molecule has 0 amide bonds. The average Bonchev–Trinajstić information content (AvgIpc) is 2.11. The largest absolute Gasteiger partial charge is 0.389 e. The number of halogens is 1. The van der Waals surface area contributed by atoms with Crippen LogP contribution in [-0.2, 0) is 0 Å². The Kier molecular flexibility index (Phi) is 3.42. The van der Waals surface area contributed by atoms with E-state index in [1.54, 1.807) is 13.0 Å². The normalized spacial score (nSPS) is 14.2. The van der Waals surface area contributed by atoms with Gasteiger partial charge in [-0.25, -0.2) is 4.39 Å². The van der Waals surface area contributed by atoms with Gasteiger partial charge in [0.15, 0.2) is 0 Å². The van der Waals surface area contributed by atoms with Crippen molar-refractivity contribution in [2.24, 2.45) is 0 Å². The second-order valence-electron chi connectivity index (χ2n) is 3.57. The fourth-order valence-corrected chi connectivity index (χ4v) is 1.13. The molecule has 1 unspecified atom stereocenters. The Balaban J connectivity index is 3.07. The third kappa shape index (κ3) is 2.67. The van der Waals surface area contributed by atoms with Gasteiger partial charge in [-0.1, -0.05) is 12.1 Å². The van der Waals surface area contributed by atoms with Gasteiger partial charge in [-0.3, -0.25) is 0 Å². The maximum atomic E-state index is 12.9. The molecule has 1 N–H and O–H groups in total. The van der Waals surface area contributed by atoms with Crippen LogP contribution >= 0.6 is 0 Å². The van der Waals surface area contributed by atoms with E-state index in [9.17, 15) is 9.50 Å². The van der Waals surface area contributed by atoms with Gasteiger partial charge in [0.2, 0.25) is 0 Å². The third-order valence-corrected chi connectivity index (χ3v) is 2.28. The number of hydrogen-bond acceptors (Lipinski definition) is 1. The monoisotopic (exact) mass is 194 g/mol. The fraction of sp³-hybridized carbons (Fsp3) is 0.333. The first-order chi connectivity index (χ1) is 6.50. The van der Waals surface area contributed by atoms with E-state index in [1.165, 1.54) is 12.1 Å². The summed E-state index contributed by atoms with van der Waals surface area (Å²) in [7, 11) is 0. The minimum absolute atomic E-state index is 0.250. The zero-order valence-corrected chi connectivity index (χ0v) is 8.71. The summed E-state index contributed by atoms with van der Waals surface area (Å²) >= 11 is 0. The maximum Gasteiger partial charge on any atom is 0.123 e. The van der Waals surface area contributed by atoms with E-state index in [-0.39, 0.29) is 5.82 Å². The van der Waals surface area contributed by atoms with Gasteiger partial charge in [0.1, 0.15) is 5.82 Å². The van der Waals surface area contributed by atoms with E-state index in [1.807, 2.05) is 19.9 Å². The molecule has 0 fully saturated rings. The highest BCUT2D eigenvalue weighted by atomic mass is 19.1. The molecule has 0 heterocycles. The molecule has 0 bridgehead atoms. The van der Waals surface area contributed by atoms with Gasteiger partial charge in [-0.2, -0.15) is 0 Å². The van der Waals surface area contributed by atoms with Gasteiger partial charge in [0, 0.05) is 0 Å². The van der Waals surface area contributed by atoms with E-state index in [0.717, 1.165) is 16.7 Å². The molecule has 76 valence electrons. The molecule has 0 aliphatic heterocycles. The minimum Gasteiger partial charge on any atom is -0.389 e. The van der Waals surface area contributed by atoms with Gasteiger partial charge in [0.05, 0.1) is 6.10 Å². The van der Waals surface area contributed by atoms with Crippen LogP contribution in [0.3, 0.4) is 0 Å². The Labute approximate surface area is 83.9 Å². The highest BCUT2D eigenvalue weighted by Crippen LogP contribution is 2.15. The number of benzene rings is 1. The Morgan fingerprint density at radius 3 is 2.71 bits per heavy atom. The van der Waals surface area contributed by atoms with Crippen molar-refractivity contribution < 1.29 is 9.50 Å². The van der Waals surface area contributed by atoms with Gasteiger partial charge in [-0.05, 0) is 49.6 Å². The van der Waals surface area contributed by atoms with Gasteiger partial charge in [-0.15, -0.1) is 0 Å². The molecule has 1 nitrogen and oxygen atoms in total. The number of rotatable bonds is 2. The molecule has 14 heavy (non-hydrogen) atoms. The summed E-state index contributed by atoms with van der Waals surface area (Å²) in [5, 5.41) is 9.28. The van der Waals surface area contributed by atoms with E-state index < -0.39 is 6.10 Å². The zero-order valence-electron chi connectivity index (χ0n) is 8.71. The lowest BCUT2D eigenvalue weighted by molar-refractivity contribution is 0.232. The Hall–Kier alpha value is -1.15. The summed E-state index contributed by atoms with van der Waals surface area (Å²) in [5.41, 5.74) is 2.66. The van der Waals surface area contributed by atoms with Crippen molar-refractivity contribution in [2.45, 2.75) is 26.9 Å². The number of aliphatic hydroxyl groups excluding tert-OH is 1. The van der Waals surface area contributed by atoms with Gasteiger partial charge in [0.25, 0.3) is 0 Å². The Bertz CT molecular complexity index is 353. The summed E-state index contributed by atoms with van der Waals surface area (Å²) in [6, 6.07) is 4.64. The number of aryl methyl sites for hydroxylation is 1. The molecule has 0 saturated heterocycles. The zero-order chi connectivity index (χ0) is 10.7. The highest BCUT2D eigenvalue weighted by molar-refractivity contribution is 5.56. The molecular weight excluding hydrogens is 179 g/mol. The van der Waals surface area contributed by atoms with Crippen LogP contribution in [0.5, 0.6) is 0 Å². The quantitative estimate of drug-likeness (QED) is 0.767. The standard InChI is InChI=1S/C12H15FO/c1-8-4-5-12(13)7-11(8)6-9(2)10(3)14/h4-7,10,14H,1-3H3/b9-6+. The Morgan fingerprint density at radius 2 is 2.14 bits per heavy atom. The van der Waals surface area contributed by atoms with Crippen molar-refractivity contribution in [3.63, 3.8) is 0 Å². The first kappa shape index (κ1) is 10.9. The van der Waals surface area contributed by atoms with Crippen LogP contribution in [-0.4, -0.2) is 11.2 Å². The van der Waals surface area contributed by atoms with Crippen LogP contribution in [0, 0.1) is 12.7 Å². The second-order valence-corrected chi connectivity index (χ2v) is 3.57. The lowest BCUT2D eigenvalue weighted by Gasteiger charge is -2.06. The van der Waals surface area contributed by atoms with E-state index >= 15 is 0 Å². The molecule has 0 aliphatic rings. The second kappa shape index (κ2) is 4.38. The molecule has 0 aromatic heterocycles. The number of aliphatic hydroxyl groups is 1. The van der Waals surface area contributed by atoms with Crippen LogP contribution in [0.1, 0.15) is 25.0 Å². The summed E-state index contributed by atoms with van der Waals surface area (Å²) in [6.45, 7) is 5.44. The lowest BCUT2D eigenvalue weighted by atomic mass is 10.0. The third-order valence-electron chi connectivity index (χ3n) is 2.28. The van der Waals surface area contributed by atoms with Crippen molar-refractivity contribution >= 4 is 6.08 Å². The minimum atomic E-state index is -0.488. The predicted molar refractivity (Wildman–Crippen MR) is 56.5 cm³/mol. The molecular formula is C12H15FO. The summed E-state index contributed by atoms with van der Waals surface area (Å²) in [6.07, 6.45) is 1.32. The van der Waals surface area contributed by atoms with Gasteiger partial charge >= 0.3 is 0 Å². The Morgan fingerprint density at radius 1 is 1.50 bits per heavy atom. The van der Waals surface area contributed by atoms with Gasteiger partial charge < -0.3 is 5.11 Å². The molecule has 1 atom stereocenters. The van der Waals surface area contributed by atoms with Crippen LogP contribution in [0.15, 0.2) is 23.8 Å². The van der Waals surface area contributed by atoms with Crippen molar-refractivity contribution in [3.05, 3.63) is 40.7 Å². The van der Waals surface area contributed by atoms with Crippen LogP contribution in [0.25, 0.3) is 6.08 Å². The summed E-state index contributed by atoms with van der Waals surface area (Å²) < 4.78 is 12.9. The molecule has 0 radical (unpaired) electrons. The molecule has 0 aliphatic carbocycles. The molecule has 2 heteroatoms. The van der Waals surface area contributed by atoms with Crippen molar-refractivity contribution in [3.8, 4) is 0 Å². The molecule has 1 aromatic carbocycles. The van der Waals surface area contributed by atoms with E-state index in [2.05, 4.69) is 0 Å². The number of hydrogen-bond donors (Lipinski definition) is 1. The van der Waals surface area contributed by atoms with Crippen molar-refractivity contribution in [2.75, 3.05) is 0 Å². The van der Waals surface area contributed by atoms with Crippen molar-refractivity contribution in [1.29, 1.82) is 0 Å². The SMILES string of the molecule is C/C(=C\c1cc(F)ccc1C)C(C)O. The lowest BCUT2D eigenvalue weighted by Crippen LogP contribution is -2.00. The van der Waals surface area contributed by atoms with E-state index in [0.29, 0.717) is 0 Å². The van der Waals surface area contributed by atoms with Crippen LogP contribution < -0.4 is 0 Å². The summed E-state index contributed by atoms with van der Waals surface area (Å²) in [5.74, 6) is -0.250. The van der Waals surface area contributed by atoms with Crippen LogP contribution in [0.4, 0.5) is 4.39 Å². The first-order valence-corrected chi connectivity index (χ1v) is 4.63.